The fraction of sp³-hybridized carbons (Fsp3) is 0.500. The van der Waals surface area contributed by atoms with Gasteiger partial charge < -0.3 is 5.32 Å². The first-order valence-electron chi connectivity index (χ1n) is 4.32. The van der Waals surface area contributed by atoms with Crippen molar-refractivity contribution in [2.75, 3.05) is 5.32 Å². The number of hydrogen-bond acceptors (Lipinski definition) is 3. The quantitative estimate of drug-likeness (QED) is 0.848. The molecule has 0 radical (unpaired) electrons. The van der Waals surface area contributed by atoms with Crippen molar-refractivity contribution in [3.8, 4) is 0 Å². The van der Waals surface area contributed by atoms with Crippen molar-refractivity contribution in [1.29, 1.82) is 0 Å². The maximum absolute atomic E-state index is 12.5. The molecule has 1 aliphatic rings. The van der Waals surface area contributed by atoms with Crippen molar-refractivity contribution in [3.05, 3.63) is 15.6 Å². The summed E-state index contributed by atoms with van der Waals surface area (Å²) in [5, 5.41) is 2.94. The second kappa shape index (κ2) is 3.76. The lowest BCUT2D eigenvalue weighted by atomic mass is 10.4. The van der Waals surface area contributed by atoms with Gasteiger partial charge in [-0.3, -0.25) is 0 Å². The van der Waals surface area contributed by atoms with Crippen LogP contribution in [0, 0.1) is 3.57 Å². The van der Waals surface area contributed by atoms with Crippen LogP contribution in [0.1, 0.15) is 18.5 Å². The van der Waals surface area contributed by atoms with E-state index in [-0.39, 0.29) is 15.4 Å². The smallest absolute Gasteiger partial charge is 0.366 e. The monoisotopic (exact) mass is 329 g/mol. The number of nitrogens with zero attached hydrogens (tertiary/aromatic N) is 2. The molecule has 1 saturated carbocycles. The van der Waals surface area contributed by atoms with E-state index in [0.717, 1.165) is 19.2 Å². The maximum Gasteiger partial charge on any atom is 0.434 e. The van der Waals surface area contributed by atoms with Crippen LogP contribution in [0.25, 0.3) is 0 Å². The van der Waals surface area contributed by atoms with Gasteiger partial charge in [0.1, 0.15) is 12.1 Å². The number of alkyl halides is 3. The summed E-state index contributed by atoms with van der Waals surface area (Å²) in [6.07, 6.45) is -1.50. The lowest BCUT2D eigenvalue weighted by molar-refractivity contribution is -0.141. The number of hydrogen-bond donors (Lipinski definition) is 1. The standard InChI is InChI=1S/C8H7F3IN3/c9-8(10,11)6-5(12)7(14-3-13-6)15-4-1-2-4/h3-4H,1-2H2,(H,13,14,15). The molecule has 1 aliphatic carbocycles. The zero-order valence-electron chi connectivity index (χ0n) is 7.48. The predicted octanol–water partition coefficient (Wildman–Crippen LogP) is 2.67. The Bertz CT molecular complexity index is 376. The van der Waals surface area contributed by atoms with Crippen LogP contribution in [0.3, 0.4) is 0 Å². The van der Waals surface area contributed by atoms with Gasteiger partial charge in [0.05, 0.1) is 3.57 Å². The van der Waals surface area contributed by atoms with E-state index < -0.39 is 11.9 Å². The molecule has 0 aliphatic heterocycles. The Labute approximate surface area is 97.6 Å². The number of rotatable bonds is 2. The first-order valence-corrected chi connectivity index (χ1v) is 5.40. The molecule has 1 fully saturated rings. The normalized spacial score (nSPS) is 16.5. The summed E-state index contributed by atoms with van der Waals surface area (Å²) in [7, 11) is 0. The Balaban J connectivity index is 2.31. The molecule has 3 nitrogen and oxygen atoms in total. The summed E-state index contributed by atoms with van der Waals surface area (Å²) in [6, 6.07) is 0.273. The predicted molar refractivity (Wildman–Crippen MR) is 56.4 cm³/mol. The number of nitrogens with one attached hydrogen (secondary N) is 1. The zero-order chi connectivity index (χ0) is 11.1. The summed E-state index contributed by atoms with van der Waals surface area (Å²) in [5.74, 6) is 0.278. The summed E-state index contributed by atoms with van der Waals surface area (Å²) >= 11 is 1.62. The van der Waals surface area contributed by atoms with Gasteiger partial charge in [-0.2, -0.15) is 13.2 Å². The fourth-order valence-corrected chi connectivity index (χ4v) is 1.83. The van der Waals surface area contributed by atoms with Crippen LogP contribution in [0.15, 0.2) is 6.33 Å². The van der Waals surface area contributed by atoms with E-state index >= 15 is 0 Å². The molecule has 1 heterocycles. The summed E-state index contributed by atoms with van der Waals surface area (Å²) < 4.78 is 37.4. The first-order chi connectivity index (χ1) is 6.98. The van der Waals surface area contributed by atoms with Crippen molar-refractivity contribution >= 4 is 28.4 Å². The molecule has 1 aromatic heterocycles. The molecule has 15 heavy (non-hydrogen) atoms. The minimum Gasteiger partial charge on any atom is -0.366 e. The van der Waals surface area contributed by atoms with E-state index in [1.807, 2.05) is 0 Å². The van der Waals surface area contributed by atoms with Gasteiger partial charge in [0.15, 0.2) is 5.69 Å². The second-order valence-electron chi connectivity index (χ2n) is 3.30. The minimum atomic E-state index is -4.42. The molecule has 0 atom stereocenters. The topological polar surface area (TPSA) is 37.8 Å². The minimum absolute atomic E-state index is 0.0366. The summed E-state index contributed by atoms with van der Waals surface area (Å²) in [4.78, 5) is 7.06. The highest BCUT2D eigenvalue weighted by atomic mass is 127. The van der Waals surface area contributed by atoms with E-state index in [1.54, 1.807) is 22.6 Å². The Hall–Kier alpha value is -0.600. The van der Waals surface area contributed by atoms with Gasteiger partial charge in [-0.1, -0.05) is 0 Å². The second-order valence-corrected chi connectivity index (χ2v) is 4.38. The Morgan fingerprint density at radius 3 is 2.53 bits per heavy atom. The van der Waals surface area contributed by atoms with Gasteiger partial charge in [0.2, 0.25) is 0 Å². The summed E-state index contributed by atoms with van der Waals surface area (Å²) in [6.45, 7) is 0. The van der Waals surface area contributed by atoms with E-state index in [2.05, 4.69) is 15.3 Å². The Morgan fingerprint density at radius 1 is 1.33 bits per heavy atom. The van der Waals surface area contributed by atoms with Gasteiger partial charge in [-0.15, -0.1) is 0 Å². The Morgan fingerprint density at radius 2 is 2.00 bits per heavy atom. The van der Waals surface area contributed by atoms with Crippen LogP contribution in [0.4, 0.5) is 19.0 Å². The van der Waals surface area contributed by atoms with Crippen molar-refractivity contribution in [3.63, 3.8) is 0 Å². The third kappa shape index (κ3) is 2.50. The maximum atomic E-state index is 12.5. The molecule has 7 heteroatoms. The third-order valence-corrected chi connectivity index (χ3v) is 3.00. The van der Waals surface area contributed by atoms with E-state index in [4.69, 9.17) is 0 Å². The number of aromatic nitrogens is 2. The van der Waals surface area contributed by atoms with Gasteiger partial charge in [-0.25, -0.2) is 9.97 Å². The van der Waals surface area contributed by atoms with Crippen LogP contribution in [-0.4, -0.2) is 16.0 Å². The third-order valence-electron chi connectivity index (χ3n) is 1.98. The van der Waals surface area contributed by atoms with Gasteiger partial charge in [0.25, 0.3) is 0 Å². The van der Waals surface area contributed by atoms with Crippen LogP contribution < -0.4 is 5.32 Å². The average Bonchev–Trinajstić information content (AvgIpc) is 2.90. The molecule has 0 amide bonds. The zero-order valence-corrected chi connectivity index (χ0v) is 9.63. The van der Waals surface area contributed by atoms with Crippen molar-refractivity contribution in [2.45, 2.75) is 25.1 Å². The highest BCUT2D eigenvalue weighted by Crippen LogP contribution is 2.34. The number of halogens is 4. The number of anilines is 1. The van der Waals surface area contributed by atoms with Crippen LogP contribution >= 0.6 is 22.6 Å². The van der Waals surface area contributed by atoms with Crippen LogP contribution in [0.5, 0.6) is 0 Å². The van der Waals surface area contributed by atoms with Crippen molar-refractivity contribution < 1.29 is 13.2 Å². The lowest BCUT2D eigenvalue weighted by Crippen LogP contribution is -2.14. The highest BCUT2D eigenvalue weighted by Gasteiger charge is 2.36. The highest BCUT2D eigenvalue weighted by molar-refractivity contribution is 14.1. The molecule has 0 bridgehead atoms. The molecule has 2 rings (SSSR count). The summed E-state index contributed by atoms with van der Waals surface area (Å²) in [5.41, 5.74) is -0.874. The van der Waals surface area contributed by atoms with Gasteiger partial charge in [-0.05, 0) is 35.4 Å². The molecule has 1 aromatic rings. The largest absolute Gasteiger partial charge is 0.434 e. The molecule has 0 saturated heterocycles. The SMILES string of the molecule is FC(F)(F)c1ncnc(NC2CC2)c1I. The Kier molecular flexibility index (Phi) is 2.73. The molecule has 82 valence electrons. The fourth-order valence-electron chi connectivity index (χ4n) is 1.09. The molecular weight excluding hydrogens is 322 g/mol. The van der Waals surface area contributed by atoms with Crippen molar-refractivity contribution in [2.24, 2.45) is 0 Å². The first kappa shape index (κ1) is 10.9. The van der Waals surface area contributed by atoms with E-state index in [9.17, 15) is 13.2 Å². The molecule has 0 unspecified atom stereocenters. The van der Waals surface area contributed by atoms with Crippen molar-refractivity contribution in [1.82, 2.24) is 9.97 Å². The lowest BCUT2D eigenvalue weighted by Gasteiger charge is -2.11. The average molecular weight is 329 g/mol. The molecule has 0 aromatic carbocycles. The van der Waals surface area contributed by atoms with E-state index in [0.29, 0.717) is 0 Å². The molecule has 1 N–H and O–H groups in total. The molecule has 0 spiro atoms. The van der Waals surface area contributed by atoms with E-state index in [1.165, 1.54) is 0 Å². The van der Waals surface area contributed by atoms with Gasteiger partial charge >= 0.3 is 6.18 Å². The van der Waals surface area contributed by atoms with Gasteiger partial charge in [0, 0.05) is 6.04 Å². The van der Waals surface area contributed by atoms with Crippen LogP contribution in [-0.2, 0) is 6.18 Å². The molecular formula is C8H7F3IN3. The van der Waals surface area contributed by atoms with Crippen LogP contribution in [0.2, 0.25) is 0 Å².